The molecule has 0 aliphatic carbocycles. The zero-order valence-corrected chi connectivity index (χ0v) is 26.1. The van der Waals surface area contributed by atoms with Crippen molar-refractivity contribution in [1.29, 1.82) is 5.26 Å². The Hall–Kier alpha value is -6.02. The quantitative estimate of drug-likeness (QED) is 0.192. The molecule has 0 N–H and O–H groups in total. The Morgan fingerprint density at radius 3 is 1.57 bits per heavy atom. The average Bonchev–Trinajstić information content (AvgIpc) is 3.14. The molecule has 4 heteroatoms. The summed E-state index contributed by atoms with van der Waals surface area (Å²) < 4.78 is 0. The fourth-order valence-electron chi connectivity index (χ4n) is 7.04. The number of fused-ring (bicyclic) bond motifs is 2. The number of anilines is 3. The van der Waals surface area contributed by atoms with Crippen LogP contribution in [-0.2, 0) is 0 Å². The van der Waals surface area contributed by atoms with Gasteiger partial charge in [0.05, 0.1) is 0 Å². The third-order valence-electron chi connectivity index (χ3n) is 9.04. The number of benzene rings is 6. The van der Waals surface area contributed by atoms with Crippen LogP contribution in [0.3, 0.4) is 0 Å². The van der Waals surface area contributed by atoms with Crippen LogP contribution in [0.5, 0.6) is 0 Å². The van der Waals surface area contributed by atoms with Gasteiger partial charge in [-0.2, -0.15) is 5.26 Å². The molecule has 0 saturated heterocycles. The minimum absolute atomic E-state index is 0.419. The van der Waals surface area contributed by atoms with Gasteiger partial charge in [0, 0.05) is 23.3 Å². The maximum Gasteiger partial charge on any atom is 0.184 e. The van der Waals surface area contributed by atoms with Gasteiger partial charge in [0.1, 0.15) is 11.8 Å². The molecule has 0 atom stereocenters. The summed E-state index contributed by atoms with van der Waals surface area (Å²) in [6.07, 6.45) is 1.69. The number of hydrogen-bond acceptors (Lipinski definition) is 3. The van der Waals surface area contributed by atoms with Crippen LogP contribution < -0.4 is 25.6 Å². The van der Waals surface area contributed by atoms with E-state index in [2.05, 4.69) is 174 Å². The van der Waals surface area contributed by atoms with Gasteiger partial charge in [-0.15, -0.1) is 0 Å². The van der Waals surface area contributed by atoms with Crippen LogP contribution in [0.1, 0.15) is 5.69 Å². The summed E-state index contributed by atoms with van der Waals surface area (Å²) >= 11 is 0. The first-order chi connectivity index (χ1) is 22.8. The first-order valence-corrected chi connectivity index (χ1v) is 17.4. The first-order valence-electron chi connectivity index (χ1n) is 15.4. The van der Waals surface area contributed by atoms with E-state index in [9.17, 15) is 5.26 Å². The van der Waals surface area contributed by atoms with Crippen molar-refractivity contribution >= 4 is 45.9 Å². The van der Waals surface area contributed by atoms with Gasteiger partial charge in [0.25, 0.3) is 0 Å². The van der Waals surface area contributed by atoms with Gasteiger partial charge in [-0.05, 0) is 79.4 Å². The van der Waals surface area contributed by atoms with Crippen molar-refractivity contribution in [2.45, 2.75) is 0 Å². The Balaban J connectivity index is 1.29. The van der Waals surface area contributed by atoms with Crippen LogP contribution in [0.2, 0.25) is 0 Å². The summed E-state index contributed by atoms with van der Waals surface area (Å²) in [7, 11) is -2.64. The molecule has 46 heavy (non-hydrogen) atoms. The van der Waals surface area contributed by atoms with Crippen molar-refractivity contribution in [2.24, 2.45) is 0 Å². The predicted molar refractivity (Wildman–Crippen MR) is 192 cm³/mol. The zero-order chi connectivity index (χ0) is 30.9. The number of nitrogens with zero attached hydrogens (tertiary/aromatic N) is 3. The van der Waals surface area contributed by atoms with Gasteiger partial charge < -0.3 is 4.90 Å². The van der Waals surface area contributed by atoms with Crippen molar-refractivity contribution in [3.05, 3.63) is 182 Å². The zero-order valence-electron chi connectivity index (χ0n) is 25.1. The highest BCUT2D eigenvalue weighted by molar-refractivity contribution is 7.21. The Bertz CT molecular complexity index is 2130. The lowest BCUT2D eigenvalue weighted by Gasteiger charge is -2.45. The van der Waals surface area contributed by atoms with Crippen LogP contribution >= 0.6 is 0 Å². The van der Waals surface area contributed by atoms with Crippen molar-refractivity contribution in [3.63, 3.8) is 0 Å². The van der Waals surface area contributed by atoms with Crippen LogP contribution in [-0.4, -0.2) is 13.1 Å². The number of pyridine rings is 1. The van der Waals surface area contributed by atoms with Crippen molar-refractivity contribution in [3.8, 4) is 28.3 Å². The number of hydrogen-bond donors (Lipinski definition) is 0. The normalized spacial score (nSPS) is 12.9. The molecule has 0 amide bonds. The predicted octanol–water partition coefficient (Wildman–Crippen LogP) is 7.45. The van der Waals surface area contributed by atoms with Crippen LogP contribution in [0.25, 0.3) is 22.3 Å². The SMILES string of the molecule is N#Cc1cc(-c2ccc(-c3cccc(N4c5ccccc5[Si](c5ccccc5)(c5ccccc5)c5ccccc54)c3)cc2)ccn1. The topological polar surface area (TPSA) is 39.9 Å². The molecular weight excluding hydrogens is 575 g/mol. The van der Waals surface area contributed by atoms with E-state index in [1.165, 1.54) is 32.1 Å². The molecule has 1 aliphatic rings. The summed E-state index contributed by atoms with van der Waals surface area (Å²) in [5, 5.41) is 14.8. The highest BCUT2D eigenvalue weighted by Gasteiger charge is 2.48. The van der Waals surface area contributed by atoms with E-state index >= 15 is 0 Å². The molecular formula is C42H29N3Si. The second-order valence-corrected chi connectivity index (χ2v) is 15.3. The molecule has 0 bridgehead atoms. The molecule has 6 aromatic carbocycles. The standard InChI is InChI=1S/C42H29N3Si/c43-30-35-28-34(26-27-44-35)32-24-22-31(23-25-32)33-12-11-13-36(29-33)45-39-18-7-9-20-41(39)46(37-14-3-1-4-15-37,38-16-5-2-6-17-38)42-21-10-8-19-40(42)45/h1-29H. The van der Waals surface area contributed by atoms with E-state index in [0.29, 0.717) is 5.69 Å². The highest BCUT2D eigenvalue weighted by atomic mass is 28.3. The lowest BCUT2D eigenvalue weighted by Crippen LogP contribution is -2.77. The average molecular weight is 604 g/mol. The largest absolute Gasteiger partial charge is 0.311 e. The van der Waals surface area contributed by atoms with Gasteiger partial charge in [-0.25, -0.2) is 4.98 Å². The van der Waals surface area contributed by atoms with Crippen LogP contribution in [0.4, 0.5) is 17.1 Å². The van der Waals surface area contributed by atoms with E-state index < -0.39 is 8.07 Å². The lowest BCUT2D eigenvalue weighted by atomic mass is 10.00. The van der Waals surface area contributed by atoms with Gasteiger partial charge >= 0.3 is 0 Å². The minimum Gasteiger partial charge on any atom is -0.311 e. The third-order valence-corrected chi connectivity index (χ3v) is 13.9. The summed E-state index contributed by atoms with van der Waals surface area (Å²) in [6, 6.07) is 63.5. The minimum atomic E-state index is -2.64. The summed E-state index contributed by atoms with van der Waals surface area (Å²) in [5.41, 5.74) is 8.31. The molecule has 0 radical (unpaired) electrons. The summed E-state index contributed by atoms with van der Waals surface area (Å²) in [6.45, 7) is 0. The number of aromatic nitrogens is 1. The monoisotopic (exact) mass is 603 g/mol. The molecule has 2 heterocycles. The van der Waals surface area contributed by atoms with Gasteiger partial charge in [-0.3, -0.25) is 0 Å². The van der Waals surface area contributed by atoms with Crippen molar-refractivity contribution < 1.29 is 0 Å². The lowest BCUT2D eigenvalue weighted by molar-refractivity contribution is 1.26. The van der Waals surface area contributed by atoms with Gasteiger partial charge in [-0.1, -0.05) is 133 Å². The molecule has 0 unspecified atom stereocenters. The number of nitriles is 1. The molecule has 0 fully saturated rings. The molecule has 1 aromatic heterocycles. The van der Waals surface area contributed by atoms with Crippen molar-refractivity contribution in [2.75, 3.05) is 4.90 Å². The smallest absolute Gasteiger partial charge is 0.184 e. The molecule has 216 valence electrons. The third kappa shape index (κ3) is 4.45. The Labute approximate surface area is 270 Å². The highest BCUT2D eigenvalue weighted by Crippen LogP contribution is 2.39. The van der Waals surface area contributed by atoms with E-state index in [4.69, 9.17) is 0 Å². The van der Waals surface area contributed by atoms with E-state index in [1.54, 1.807) is 6.20 Å². The molecule has 3 nitrogen and oxygen atoms in total. The second kappa shape index (κ2) is 11.5. The maximum absolute atomic E-state index is 9.29. The molecule has 0 spiro atoms. The summed E-state index contributed by atoms with van der Waals surface area (Å²) in [5.74, 6) is 0. The van der Waals surface area contributed by atoms with Crippen molar-refractivity contribution in [1.82, 2.24) is 4.98 Å². The Kier molecular flexibility index (Phi) is 6.87. The molecule has 1 aliphatic heterocycles. The number of rotatable bonds is 5. The molecule has 0 saturated carbocycles. The number of para-hydroxylation sites is 2. The van der Waals surface area contributed by atoms with E-state index in [1.807, 2.05) is 12.1 Å². The maximum atomic E-state index is 9.29. The van der Waals surface area contributed by atoms with Crippen LogP contribution in [0.15, 0.2) is 176 Å². The Morgan fingerprint density at radius 1 is 0.478 bits per heavy atom. The fraction of sp³-hybridized carbons (Fsp3) is 0. The first kappa shape index (κ1) is 27.5. The van der Waals surface area contributed by atoms with E-state index in [-0.39, 0.29) is 0 Å². The van der Waals surface area contributed by atoms with Gasteiger partial charge in [0.15, 0.2) is 8.07 Å². The second-order valence-electron chi connectivity index (χ2n) is 11.5. The molecule has 7 aromatic rings. The van der Waals surface area contributed by atoms with Gasteiger partial charge in [0.2, 0.25) is 0 Å². The fourth-order valence-corrected chi connectivity index (χ4v) is 12.1. The van der Waals surface area contributed by atoms with Crippen LogP contribution in [0, 0.1) is 11.3 Å². The van der Waals surface area contributed by atoms with E-state index in [0.717, 1.165) is 27.9 Å². The molecule has 8 rings (SSSR count). The summed E-state index contributed by atoms with van der Waals surface area (Å²) in [4.78, 5) is 6.56. The Morgan fingerprint density at radius 2 is 1.00 bits per heavy atom.